The van der Waals surface area contributed by atoms with Gasteiger partial charge in [-0.2, -0.15) is 0 Å². The second-order valence-electron chi connectivity index (χ2n) is 8.01. The number of hydrogen-bond donors (Lipinski definition) is 1. The Labute approximate surface area is 178 Å². The van der Waals surface area contributed by atoms with Crippen LogP contribution in [0.25, 0.3) is 0 Å². The molecule has 1 aromatic heterocycles. The lowest BCUT2D eigenvalue weighted by molar-refractivity contribution is -0.121. The summed E-state index contributed by atoms with van der Waals surface area (Å²) in [6.45, 7) is 2.78. The molecule has 0 radical (unpaired) electrons. The first-order valence-electron chi connectivity index (χ1n) is 10.7. The molecule has 0 fully saturated rings. The Morgan fingerprint density at radius 1 is 1.23 bits per heavy atom. The number of aromatic nitrogens is 2. The summed E-state index contributed by atoms with van der Waals surface area (Å²) in [6.07, 6.45) is 5.64. The fourth-order valence-electron chi connectivity index (χ4n) is 4.36. The number of carbonyl (C=O) groups excluding carboxylic acids is 1. The summed E-state index contributed by atoms with van der Waals surface area (Å²) in [7, 11) is 1.67. The SMILES string of the molecule is COc1cccc([C@H](CC(=O)NCc2ccccc2)c2cnc3n2[C@@H](C)CCC3)c1. The minimum Gasteiger partial charge on any atom is -0.497 e. The topological polar surface area (TPSA) is 56.1 Å². The minimum absolute atomic E-state index is 0.0330. The molecule has 0 saturated heterocycles. The van der Waals surface area contributed by atoms with Crippen LogP contribution in [0.1, 0.15) is 60.8 Å². The van der Waals surface area contributed by atoms with Gasteiger partial charge in [-0.1, -0.05) is 42.5 Å². The van der Waals surface area contributed by atoms with Gasteiger partial charge in [-0.15, -0.1) is 0 Å². The molecule has 156 valence electrons. The lowest BCUT2D eigenvalue weighted by Crippen LogP contribution is -2.26. The Morgan fingerprint density at radius 2 is 2.07 bits per heavy atom. The van der Waals surface area contributed by atoms with Gasteiger partial charge in [0.25, 0.3) is 0 Å². The zero-order chi connectivity index (χ0) is 20.9. The number of amides is 1. The van der Waals surface area contributed by atoms with Crippen molar-refractivity contribution in [3.63, 3.8) is 0 Å². The van der Waals surface area contributed by atoms with Crippen molar-refractivity contribution in [3.05, 3.63) is 83.4 Å². The largest absolute Gasteiger partial charge is 0.497 e. The van der Waals surface area contributed by atoms with Crippen LogP contribution in [0.5, 0.6) is 5.75 Å². The van der Waals surface area contributed by atoms with Crippen molar-refractivity contribution >= 4 is 5.91 Å². The number of imidazole rings is 1. The predicted octanol–water partition coefficient (Wildman–Crippen LogP) is 4.63. The van der Waals surface area contributed by atoms with E-state index < -0.39 is 0 Å². The molecule has 1 amide bonds. The highest BCUT2D eigenvalue weighted by molar-refractivity contribution is 5.77. The summed E-state index contributed by atoms with van der Waals surface area (Å²) in [6, 6.07) is 18.4. The van der Waals surface area contributed by atoms with E-state index in [1.807, 2.05) is 54.7 Å². The summed E-state index contributed by atoms with van der Waals surface area (Å²) < 4.78 is 7.79. The molecule has 2 aromatic carbocycles. The number of hydrogen-bond acceptors (Lipinski definition) is 3. The first-order chi connectivity index (χ1) is 14.7. The molecular formula is C25H29N3O2. The quantitative estimate of drug-likeness (QED) is 0.626. The van der Waals surface area contributed by atoms with Gasteiger partial charge in [-0.05, 0) is 43.0 Å². The van der Waals surface area contributed by atoms with E-state index in [0.717, 1.165) is 41.2 Å². The van der Waals surface area contributed by atoms with Crippen LogP contribution in [0.2, 0.25) is 0 Å². The van der Waals surface area contributed by atoms with Crippen molar-refractivity contribution in [2.75, 3.05) is 7.11 Å². The molecule has 30 heavy (non-hydrogen) atoms. The van der Waals surface area contributed by atoms with Crippen LogP contribution in [0.3, 0.4) is 0 Å². The molecule has 2 heterocycles. The van der Waals surface area contributed by atoms with Crippen molar-refractivity contribution in [2.45, 2.75) is 51.1 Å². The number of rotatable bonds is 7. The first-order valence-corrected chi connectivity index (χ1v) is 10.7. The van der Waals surface area contributed by atoms with E-state index in [9.17, 15) is 4.79 Å². The third kappa shape index (κ3) is 4.40. The van der Waals surface area contributed by atoms with Gasteiger partial charge in [-0.3, -0.25) is 4.79 Å². The smallest absolute Gasteiger partial charge is 0.221 e. The third-order valence-electron chi connectivity index (χ3n) is 5.94. The van der Waals surface area contributed by atoms with E-state index in [4.69, 9.17) is 9.72 Å². The van der Waals surface area contributed by atoms with E-state index in [1.54, 1.807) is 7.11 Å². The maximum atomic E-state index is 12.9. The summed E-state index contributed by atoms with van der Waals surface area (Å²) in [5, 5.41) is 3.08. The van der Waals surface area contributed by atoms with Gasteiger partial charge in [0.15, 0.2) is 0 Å². The molecule has 2 atom stereocenters. The van der Waals surface area contributed by atoms with Crippen molar-refractivity contribution < 1.29 is 9.53 Å². The number of carbonyl (C=O) groups is 1. The number of aryl methyl sites for hydroxylation is 1. The summed E-state index contributed by atoms with van der Waals surface area (Å²) in [5.41, 5.74) is 3.28. The monoisotopic (exact) mass is 403 g/mol. The van der Waals surface area contributed by atoms with Crippen LogP contribution in [0, 0.1) is 0 Å². The molecule has 1 aliphatic rings. The van der Waals surface area contributed by atoms with Gasteiger partial charge in [0.2, 0.25) is 5.91 Å². The molecule has 5 heteroatoms. The fourth-order valence-corrected chi connectivity index (χ4v) is 4.36. The molecule has 0 bridgehead atoms. The molecule has 0 saturated carbocycles. The van der Waals surface area contributed by atoms with Gasteiger partial charge < -0.3 is 14.6 Å². The third-order valence-corrected chi connectivity index (χ3v) is 5.94. The molecular weight excluding hydrogens is 374 g/mol. The minimum atomic E-state index is -0.0716. The Morgan fingerprint density at radius 3 is 2.87 bits per heavy atom. The fraction of sp³-hybridized carbons (Fsp3) is 0.360. The van der Waals surface area contributed by atoms with Crippen LogP contribution in [0.15, 0.2) is 60.8 Å². The summed E-state index contributed by atoms with van der Waals surface area (Å²) >= 11 is 0. The lowest BCUT2D eigenvalue weighted by Gasteiger charge is -2.27. The zero-order valence-electron chi connectivity index (χ0n) is 17.7. The predicted molar refractivity (Wildman–Crippen MR) is 118 cm³/mol. The Bertz CT molecular complexity index is 997. The first kappa shape index (κ1) is 20.2. The molecule has 3 aromatic rings. The highest BCUT2D eigenvalue weighted by Crippen LogP contribution is 2.35. The molecule has 0 spiro atoms. The lowest BCUT2D eigenvalue weighted by atomic mass is 9.91. The average Bonchev–Trinajstić information content (AvgIpc) is 3.22. The molecule has 4 rings (SSSR count). The normalized spacial score (nSPS) is 16.5. The molecule has 0 unspecified atom stereocenters. The van der Waals surface area contributed by atoms with E-state index >= 15 is 0 Å². The van der Waals surface area contributed by atoms with Crippen LogP contribution in [-0.4, -0.2) is 22.6 Å². The zero-order valence-corrected chi connectivity index (χ0v) is 17.7. The average molecular weight is 404 g/mol. The number of nitrogens with one attached hydrogen (secondary N) is 1. The highest BCUT2D eigenvalue weighted by atomic mass is 16.5. The highest BCUT2D eigenvalue weighted by Gasteiger charge is 2.27. The molecule has 1 N–H and O–H groups in total. The van der Waals surface area contributed by atoms with Crippen molar-refractivity contribution in [1.82, 2.24) is 14.9 Å². The van der Waals surface area contributed by atoms with Gasteiger partial charge in [0, 0.05) is 43.2 Å². The second kappa shape index (κ2) is 9.16. The van der Waals surface area contributed by atoms with Gasteiger partial charge in [0.1, 0.15) is 11.6 Å². The maximum Gasteiger partial charge on any atom is 0.221 e. The van der Waals surface area contributed by atoms with E-state index in [0.29, 0.717) is 19.0 Å². The van der Waals surface area contributed by atoms with E-state index in [-0.39, 0.29) is 11.8 Å². The Hall–Kier alpha value is -3.08. The maximum absolute atomic E-state index is 12.9. The van der Waals surface area contributed by atoms with Gasteiger partial charge >= 0.3 is 0 Å². The number of ether oxygens (including phenoxy) is 1. The van der Waals surface area contributed by atoms with E-state index in [2.05, 4.69) is 22.9 Å². The number of fused-ring (bicyclic) bond motifs is 1. The number of methoxy groups -OCH3 is 1. The van der Waals surface area contributed by atoms with Crippen molar-refractivity contribution in [3.8, 4) is 5.75 Å². The van der Waals surface area contributed by atoms with Crippen molar-refractivity contribution in [1.29, 1.82) is 0 Å². The van der Waals surface area contributed by atoms with Crippen molar-refractivity contribution in [2.24, 2.45) is 0 Å². The molecule has 0 aliphatic carbocycles. The van der Waals surface area contributed by atoms with E-state index in [1.165, 1.54) is 6.42 Å². The Kier molecular flexibility index (Phi) is 6.17. The van der Waals surface area contributed by atoms with Crippen LogP contribution in [-0.2, 0) is 17.8 Å². The van der Waals surface area contributed by atoms with Crippen LogP contribution >= 0.6 is 0 Å². The standard InChI is InChI=1S/C25H29N3O2/c1-18-8-6-13-24-26-17-23(28(18)24)22(20-11-7-12-21(14-20)30-2)15-25(29)27-16-19-9-4-3-5-10-19/h3-5,7,9-12,14,17-18,22H,6,8,13,15-16H2,1-2H3,(H,27,29)/t18-,22-/m0/s1. The van der Waals surface area contributed by atoms with Crippen LogP contribution < -0.4 is 10.1 Å². The summed E-state index contributed by atoms with van der Waals surface area (Å²) in [4.78, 5) is 17.6. The second-order valence-corrected chi connectivity index (χ2v) is 8.01. The van der Waals surface area contributed by atoms with Crippen LogP contribution in [0.4, 0.5) is 0 Å². The molecule has 1 aliphatic heterocycles. The van der Waals surface area contributed by atoms with Gasteiger partial charge in [0.05, 0.1) is 7.11 Å². The molecule has 5 nitrogen and oxygen atoms in total. The Balaban J connectivity index is 1.61. The van der Waals surface area contributed by atoms with Gasteiger partial charge in [-0.25, -0.2) is 4.98 Å². The number of nitrogens with zero attached hydrogens (tertiary/aromatic N) is 2. The number of benzene rings is 2. The summed E-state index contributed by atoms with van der Waals surface area (Å²) in [5.74, 6) is 1.89.